The van der Waals surface area contributed by atoms with Crippen molar-refractivity contribution in [1.82, 2.24) is 0 Å². The average Bonchev–Trinajstić information content (AvgIpc) is 3.21. The maximum Gasteiger partial charge on any atom is 1.00 e. The van der Waals surface area contributed by atoms with Gasteiger partial charge in [0.2, 0.25) is 0 Å². The number of allylic oxidation sites excluding steroid dienone is 5. The van der Waals surface area contributed by atoms with E-state index in [0.29, 0.717) is 43.2 Å². The molecule has 1 aliphatic rings. The molecule has 5 aromatic rings. The number of anilines is 3. The molecule has 0 aliphatic heterocycles. The van der Waals surface area contributed by atoms with Gasteiger partial charge in [0.25, 0.3) is 0 Å². The first-order valence-electron chi connectivity index (χ1n) is 19.1. The van der Waals surface area contributed by atoms with E-state index in [-0.39, 0.29) is 34.5 Å². The molecule has 6 rings (SSSR count). The Morgan fingerprint density at radius 2 is 1.52 bits per heavy atom. The van der Waals surface area contributed by atoms with Crippen LogP contribution >= 0.6 is 12.0 Å². The first-order valence-corrected chi connectivity index (χ1v) is 21.3. The minimum absolute atomic E-state index is 0. The smallest absolute Gasteiger partial charge is 0.795 e. The minimum Gasteiger partial charge on any atom is -0.795 e. The molecular weight excluding hydrogens is 774 g/mol. The van der Waals surface area contributed by atoms with Gasteiger partial charge in [0.05, 0.1) is 11.5 Å². The molecule has 0 bridgehead atoms. The zero-order valence-corrected chi connectivity index (χ0v) is 37.6. The van der Waals surface area contributed by atoms with Gasteiger partial charge in [-0.05, 0) is 157 Å². The van der Waals surface area contributed by atoms with Gasteiger partial charge < -0.3 is 24.1 Å². The third-order valence-corrected chi connectivity index (χ3v) is 11.3. The molecule has 8 nitrogen and oxygen atoms in total. The molecule has 0 atom stereocenters. The Morgan fingerprint density at radius 1 is 0.828 bits per heavy atom. The molecule has 58 heavy (non-hydrogen) atoms. The largest absolute Gasteiger partial charge is 1.00 e. The zero-order chi connectivity index (χ0) is 40.5. The van der Waals surface area contributed by atoms with Crippen LogP contribution in [-0.4, -0.2) is 47.5 Å². The first-order chi connectivity index (χ1) is 27.5. The van der Waals surface area contributed by atoms with Gasteiger partial charge in [-0.25, -0.2) is 25.0 Å². The number of hydrogen-bond donors (Lipinski definition) is 1. The molecule has 1 aliphatic carbocycles. The van der Waals surface area contributed by atoms with E-state index in [2.05, 4.69) is 109 Å². The molecule has 11 heteroatoms. The summed E-state index contributed by atoms with van der Waals surface area (Å²) in [6.45, 7) is 13.7. The number of rotatable bonds is 15. The Kier molecular flexibility index (Phi) is 15.8. The summed E-state index contributed by atoms with van der Waals surface area (Å²) in [4.78, 5) is 2.80. The molecule has 5 aromatic carbocycles. The van der Waals surface area contributed by atoms with Crippen LogP contribution in [0.1, 0.15) is 55.5 Å². The van der Waals surface area contributed by atoms with Gasteiger partial charge in [-0.3, -0.25) is 0 Å². The van der Waals surface area contributed by atoms with Crippen LogP contribution in [-0.2, 0) is 23.2 Å². The van der Waals surface area contributed by atoms with E-state index in [1.807, 2.05) is 55.5 Å². The number of nitrogens with zero attached hydrogens (tertiary/aromatic N) is 2. The molecule has 0 heterocycles. The average molecular weight is 822 g/mol. The maximum absolute atomic E-state index is 11.7. The van der Waals surface area contributed by atoms with Crippen LogP contribution in [0.5, 0.6) is 5.75 Å². The summed E-state index contributed by atoms with van der Waals surface area (Å²) in [6, 6.07) is 37.1. The fourth-order valence-electron chi connectivity index (χ4n) is 7.10. The molecule has 0 radical (unpaired) electrons. The van der Waals surface area contributed by atoms with Crippen molar-refractivity contribution in [2.45, 2.75) is 57.5 Å². The fourth-order valence-corrected chi connectivity index (χ4v) is 7.98. The third-order valence-electron chi connectivity index (χ3n) is 10.0. The Balaban J connectivity index is 0.00000641. The number of benzene rings is 5. The van der Waals surface area contributed by atoms with Gasteiger partial charge in [-0.15, -0.1) is 0 Å². The second kappa shape index (κ2) is 20.5. The van der Waals surface area contributed by atoms with Crippen molar-refractivity contribution in [3.63, 3.8) is 0 Å². The molecule has 0 fully saturated rings. The van der Waals surface area contributed by atoms with Crippen molar-refractivity contribution in [2.75, 3.05) is 29.9 Å². The van der Waals surface area contributed by atoms with Gasteiger partial charge in [0.15, 0.2) is 12.3 Å². The van der Waals surface area contributed by atoms with Crippen molar-refractivity contribution in [1.29, 1.82) is 0 Å². The van der Waals surface area contributed by atoms with Crippen LogP contribution < -0.4 is 44.5 Å². The van der Waals surface area contributed by atoms with Gasteiger partial charge >= 0.3 is 29.6 Å². The van der Waals surface area contributed by atoms with Crippen molar-refractivity contribution in [3.8, 4) is 5.75 Å². The Morgan fingerprint density at radius 3 is 2.14 bits per heavy atom. The predicted molar refractivity (Wildman–Crippen MR) is 231 cm³/mol. The van der Waals surface area contributed by atoms with E-state index in [9.17, 15) is 17.5 Å². The molecule has 1 N–H and O–H groups in total. The second-order valence-electron chi connectivity index (χ2n) is 13.9. The van der Waals surface area contributed by atoms with E-state index >= 15 is 0 Å². The molecule has 0 aromatic heterocycles. The second-order valence-corrected chi connectivity index (χ2v) is 15.9. The summed E-state index contributed by atoms with van der Waals surface area (Å²) in [5.74, 6) is 0.834. The first kappa shape index (κ1) is 44.7. The van der Waals surface area contributed by atoms with Crippen LogP contribution in [0.4, 0.5) is 17.1 Å². The maximum atomic E-state index is 11.7. The van der Waals surface area contributed by atoms with E-state index in [0.717, 1.165) is 79.6 Å². The summed E-state index contributed by atoms with van der Waals surface area (Å²) in [6.07, 6.45) is 6.45. The van der Waals surface area contributed by atoms with E-state index < -0.39 is 10.1 Å². The zero-order valence-electron chi connectivity index (χ0n) is 34.0. The molecular formula is C47H48N3NaO5S2. The van der Waals surface area contributed by atoms with Crippen LogP contribution in [0.15, 0.2) is 154 Å². The SMILES string of the molecule is CCOc1ccc(Nc2ccc(/C(=C3/C=CC(=[N+](CC)Cc4cccc(S(=O)(=O)[O-])c4)C=C3C)c3ccc(N(CC)Cc4cccc(S[O-])c4)cc3C)cc2)cc1.[Na+]. The van der Waals surface area contributed by atoms with Crippen molar-refractivity contribution < 1.29 is 56.4 Å². The van der Waals surface area contributed by atoms with Crippen molar-refractivity contribution >= 4 is 50.5 Å². The Bertz CT molecular complexity index is 2460. The number of ether oxygens (including phenoxy) is 1. The third kappa shape index (κ3) is 11.2. The standard InChI is InChI=1S/C47H49N3O5S2.Na/c1-6-49(31-35-11-9-13-43(29-35)56-51)40-21-25-45(33(4)27-40)47(37-15-17-38(18-16-37)48-39-19-23-42(24-20-39)55-8-3)46-26-22-41(28-34(46)5)50(7-2)32-36-12-10-14-44(30-36)57(52,53)54;/h9-30H,6-8,31-32H2,1-5H3,(H2,51,52,53,54);/q;+1/p-1. The monoisotopic (exact) mass is 821 g/mol. The van der Waals surface area contributed by atoms with Crippen molar-refractivity contribution in [3.05, 3.63) is 172 Å². The molecule has 0 unspecified atom stereocenters. The summed E-state index contributed by atoms with van der Waals surface area (Å²) < 4.78 is 54.4. The Labute approximate surface area is 369 Å². The summed E-state index contributed by atoms with van der Waals surface area (Å²) in [5, 5.41) is 3.51. The van der Waals surface area contributed by atoms with Crippen LogP contribution in [0, 0.1) is 6.92 Å². The van der Waals surface area contributed by atoms with Crippen LogP contribution in [0.25, 0.3) is 5.57 Å². The van der Waals surface area contributed by atoms with Crippen LogP contribution in [0.3, 0.4) is 0 Å². The summed E-state index contributed by atoms with van der Waals surface area (Å²) in [5.41, 5.74) is 12.5. The quantitative estimate of drug-likeness (QED) is 0.0509. The fraction of sp³-hybridized carbons (Fsp3) is 0.213. The molecule has 0 saturated heterocycles. The summed E-state index contributed by atoms with van der Waals surface area (Å²) in [7, 11) is -4.55. The number of aryl methyl sites for hydroxylation is 1. The van der Waals surface area contributed by atoms with E-state index in [4.69, 9.17) is 4.74 Å². The van der Waals surface area contributed by atoms with Crippen LogP contribution in [0.2, 0.25) is 0 Å². The molecule has 0 saturated carbocycles. The van der Waals surface area contributed by atoms with Gasteiger partial charge in [0.1, 0.15) is 22.4 Å². The van der Waals surface area contributed by atoms with Gasteiger partial charge in [-0.2, -0.15) is 0 Å². The van der Waals surface area contributed by atoms with Crippen molar-refractivity contribution in [2.24, 2.45) is 0 Å². The van der Waals surface area contributed by atoms with Gasteiger partial charge in [-0.1, -0.05) is 42.5 Å². The predicted octanol–water partition coefficient (Wildman–Crippen LogP) is 7.29. The number of nitrogens with one attached hydrogen (secondary N) is 1. The normalized spacial score (nSPS) is 14.3. The molecule has 294 valence electrons. The number of hydrogen-bond acceptors (Lipinski definition) is 8. The van der Waals surface area contributed by atoms with E-state index in [1.165, 1.54) is 12.1 Å². The Hall–Kier alpha value is -4.39. The van der Waals surface area contributed by atoms with E-state index in [1.54, 1.807) is 6.07 Å². The molecule has 0 spiro atoms. The minimum atomic E-state index is -4.55. The topological polar surface area (TPSA) is 108 Å². The van der Waals surface area contributed by atoms with Gasteiger partial charge in [0, 0.05) is 47.9 Å². The summed E-state index contributed by atoms with van der Waals surface area (Å²) >= 11 is 0.513. The molecule has 0 amide bonds.